The zero-order valence-corrected chi connectivity index (χ0v) is 16.2. The van der Waals surface area contributed by atoms with E-state index in [1.165, 1.54) is 5.56 Å². The van der Waals surface area contributed by atoms with Gasteiger partial charge in [0, 0.05) is 12.1 Å². The molecule has 2 aromatic carbocycles. The number of ether oxygens (including phenoxy) is 1. The van der Waals surface area contributed by atoms with E-state index in [2.05, 4.69) is 39.5 Å². The van der Waals surface area contributed by atoms with Crippen LogP contribution < -0.4 is 10.1 Å². The van der Waals surface area contributed by atoms with E-state index in [9.17, 15) is 0 Å². The van der Waals surface area contributed by atoms with Crippen molar-refractivity contribution in [2.75, 3.05) is 11.9 Å². The highest BCUT2D eigenvalue weighted by atomic mass is 16.5. The Hall–Kier alpha value is -3.41. The standard InChI is InChI=1S/C22H22N4O2/c1-4-27-18-11-7-16(8-12-18)13-23-22-21-20(24-15(3)25-22)19(26-28-21)17-9-5-14(2)6-10-17/h5-12H,4,13H2,1-3H3,(H,23,24,25). The second-order valence-electron chi connectivity index (χ2n) is 6.62. The number of hydrogen-bond donors (Lipinski definition) is 1. The Kier molecular flexibility index (Phi) is 4.93. The fourth-order valence-corrected chi connectivity index (χ4v) is 3.02. The fraction of sp³-hybridized carbons (Fsp3) is 0.227. The lowest BCUT2D eigenvalue weighted by Crippen LogP contribution is -2.04. The number of aromatic nitrogens is 3. The molecule has 0 aliphatic rings. The number of nitrogens with one attached hydrogen (secondary N) is 1. The lowest BCUT2D eigenvalue weighted by molar-refractivity contribution is 0.340. The highest BCUT2D eigenvalue weighted by Crippen LogP contribution is 2.30. The molecule has 0 bridgehead atoms. The number of nitrogens with zero attached hydrogens (tertiary/aromatic N) is 3. The van der Waals surface area contributed by atoms with Crippen molar-refractivity contribution in [1.82, 2.24) is 15.1 Å². The molecule has 0 fully saturated rings. The topological polar surface area (TPSA) is 73.1 Å². The second kappa shape index (κ2) is 7.68. The average molecular weight is 374 g/mol. The largest absolute Gasteiger partial charge is 0.494 e. The van der Waals surface area contributed by atoms with Crippen LogP contribution in [0.2, 0.25) is 0 Å². The molecule has 142 valence electrons. The minimum Gasteiger partial charge on any atom is -0.494 e. The Labute approximate surface area is 163 Å². The number of fused-ring (bicyclic) bond motifs is 1. The van der Waals surface area contributed by atoms with Crippen LogP contribution in [0, 0.1) is 13.8 Å². The highest BCUT2D eigenvalue weighted by molar-refractivity contribution is 5.93. The van der Waals surface area contributed by atoms with Gasteiger partial charge in [0.15, 0.2) is 5.82 Å². The van der Waals surface area contributed by atoms with Gasteiger partial charge in [0.1, 0.15) is 22.8 Å². The van der Waals surface area contributed by atoms with Gasteiger partial charge in [-0.25, -0.2) is 9.97 Å². The van der Waals surface area contributed by atoms with Crippen molar-refractivity contribution in [1.29, 1.82) is 0 Å². The molecule has 0 atom stereocenters. The summed E-state index contributed by atoms with van der Waals surface area (Å²) in [7, 11) is 0. The highest BCUT2D eigenvalue weighted by Gasteiger charge is 2.17. The molecule has 4 aromatic rings. The maximum Gasteiger partial charge on any atom is 0.228 e. The molecule has 4 rings (SSSR count). The monoisotopic (exact) mass is 374 g/mol. The van der Waals surface area contributed by atoms with Crippen molar-refractivity contribution in [3.63, 3.8) is 0 Å². The minimum absolute atomic E-state index is 0.562. The summed E-state index contributed by atoms with van der Waals surface area (Å²) in [4.78, 5) is 9.06. The Morgan fingerprint density at radius 2 is 1.71 bits per heavy atom. The van der Waals surface area contributed by atoms with Crippen LogP contribution in [0.5, 0.6) is 5.75 Å². The van der Waals surface area contributed by atoms with Gasteiger partial charge in [-0.2, -0.15) is 0 Å². The summed E-state index contributed by atoms with van der Waals surface area (Å²) in [5.41, 5.74) is 5.29. The summed E-state index contributed by atoms with van der Waals surface area (Å²) in [6, 6.07) is 16.1. The first-order valence-electron chi connectivity index (χ1n) is 9.30. The number of rotatable bonds is 6. The van der Waals surface area contributed by atoms with E-state index in [0.717, 1.165) is 22.6 Å². The number of hydrogen-bond acceptors (Lipinski definition) is 6. The van der Waals surface area contributed by atoms with Crippen LogP contribution in [0.1, 0.15) is 23.9 Å². The van der Waals surface area contributed by atoms with Crippen molar-refractivity contribution >= 4 is 16.9 Å². The molecule has 0 unspecified atom stereocenters. The molecule has 0 amide bonds. The first-order chi connectivity index (χ1) is 13.6. The fourth-order valence-electron chi connectivity index (χ4n) is 3.02. The summed E-state index contributed by atoms with van der Waals surface area (Å²) < 4.78 is 11.1. The number of aryl methyl sites for hydroxylation is 2. The van der Waals surface area contributed by atoms with Crippen molar-refractivity contribution in [3.8, 4) is 17.0 Å². The summed E-state index contributed by atoms with van der Waals surface area (Å²) in [6.45, 7) is 7.16. The lowest BCUT2D eigenvalue weighted by Gasteiger charge is -2.08. The van der Waals surface area contributed by atoms with E-state index in [4.69, 9.17) is 9.26 Å². The maximum absolute atomic E-state index is 5.60. The van der Waals surface area contributed by atoms with Gasteiger partial charge in [0.25, 0.3) is 0 Å². The van der Waals surface area contributed by atoms with Gasteiger partial charge in [-0.1, -0.05) is 47.1 Å². The predicted octanol–water partition coefficient (Wildman–Crippen LogP) is 4.91. The molecule has 1 N–H and O–H groups in total. The normalized spacial score (nSPS) is 11.0. The van der Waals surface area contributed by atoms with E-state index in [-0.39, 0.29) is 0 Å². The van der Waals surface area contributed by atoms with Crippen molar-refractivity contribution < 1.29 is 9.26 Å². The molecule has 0 saturated heterocycles. The molecule has 6 nitrogen and oxygen atoms in total. The Balaban J connectivity index is 1.61. The summed E-state index contributed by atoms with van der Waals surface area (Å²) >= 11 is 0. The third kappa shape index (κ3) is 3.67. The first-order valence-corrected chi connectivity index (χ1v) is 9.30. The van der Waals surface area contributed by atoms with Gasteiger partial charge in [-0.15, -0.1) is 0 Å². The van der Waals surface area contributed by atoms with Crippen LogP contribution in [0.4, 0.5) is 5.82 Å². The van der Waals surface area contributed by atoms with Crippen LogP contribution in [-0.4, -0.2) is 21.7 Å². The maximum atomic E-state index is 5.60. The van der Waals surface area contributed by atoms with Gasteiger partial charge in [0.2, 0.25) is 5.58 Å². The lowest BCUT2D eigenvalue weighted by atomic mass is 10.1. The molecule has 0 aliphatic carbocycles. The SMILES string of the molecule is CCOc1ccc(CNc2nc(C)nc3c(-c4ccc(C)cc4)noc23)cc1. The molecular weight excluding hydrogens is 352 g/mol. The van der Waals surface area contributed by atoms with Gasteiger partial charge in [-0.05, 0) is 38.5 Å². The van der Waals surface area contributed by atoms with Gasteiger partial charge in [0.05, 0.1) is 6.61 Å². The number of benzene rings is 2. The van der Waals surface area contributed by atoms with Crippen LogP contribution in [0.25, 0.3) is 22.4 Å². The molecule has 28 heavy (non-hydrogen) atoms. The molecule has 2 aromatic heterocycles. The van der Waals surface area contributed by atoms with E-state index in [0.29, 0.717) is 35.9 Å². The van der Waals surface area contributed by atoms with E-state index in [1.807, 2.05) is 50.2 Å². The Morgan fingerprint density at radius 1 is 0.964 bits per heavy atom. The summed E-state index contributed by atoms with van der Waals surface area (Å²) in [6.07, 6.45) is 0. The average Bonchev–Trinajstić information content (AvgIpc) is 3.12. The van der Waals surface area contributed by atoms with Crippen molar-refractivity contribution in [2.24, 2.45) is 0 Å². The van der Waals surface area contributed by atoms with E-state index >= 15 is 0 Å². The Bertz CT molecular complexity index is 1090. The van der Waals surface area contributed by atoms with Gasteiger partial charge < -0.3 is 14.6 Å². The third-order valence-electron chi connectivity index (χ3n) is 4.45. The van der Waals surface area contributed by atoms with Crippen LogP contribution in [-0.2, 0) is 6.54 Å². The molecular formula is C22H22N4O2. The van der Waals surface area contributed by atoms with E-state index < -0.39 is 0 Å². The number of anilines is 1. The third-order valence-corrected chi connectivity index (χ3v) is 4.45. The second-order valence-corrected chi connectivity index (χ2v) is 6.62. The van der Waals surface area contributed by atoms with Crippen LogP contribution >= 0.6 is 0 Å². The zero-order chi connectivity index (χ0) is 19.5. The van der Waals surface area contributed by atoms with Crippen LogP contribution in [0.3, 0.4) is 0 Å². The van der Waals surface area contributed by atoms with Crippen LogP contribution in [0.15, 0.2) is 53.1 Å². The summed E-state index contributed by atoms with van der Waals surface area (Å²) in [5, 5.41) is 7.59. The first kappa shape index (κ1) is 18.0. The Morgan fingerprint density at radius 3 is 2.43 bits per heavy atom. The van der Waals surface area contributed by atoms with E-state index in [1.54, 1.807) is 0 Å². The van der Waals surface area contributed by atoms with Crippen molar-refractivity contribution in [3.05, 3.63) is 65.5 Å². The molecule has 0 spiro atoms. The minimum atomic E-state index is 0.562. The van der Waals surface area contributed by atoms with Gasteiger partial charge in [-0.3, -0.25) is 0 Å². The quantitative estimate of drug-likeness (QED) is 0.517. The van der Waals surface area contributed by atoms with Crippen molar-refractivity contribution in [2.45, 2.75) is 27.3 Å². The molecule has 0 saturated carbocycles. The van der Waals surface area contributed by atoms with Gasteiger partial charge >= 0.3 is 0 Å². The smallest absolute Gasteiger partial charge is 0.228 e. The summed E-state index contributed by atoms with van der Waals surface area (Å²) in [5.74, 6) is 2.17. The molecule has 0 aliphatic heterocycles. The molecule has 2 heterocycles. The predicted molar refractivity (Wildman–Crippen MR) is 109 cm³/mol. The zero-order valence-electron chi connectivity index (χ0n) is 16.2. The molecule has 6 heteroatoms. The molecule has 0 radical (unpaired) electrons.